The molecule has 2 heterocycles. The molecule has 0 spiro atoms. The molecule has 0 radical (unpaired) electrons. The number of hydrogen-bond donors (Lipinski definition) is 3. The summed E-state index contributed by atoms with van der Waals surface area (Å²) >= 11 is 0. The quantitative estimate of drug-likeness (QED) is 0.702. The summed E-state index contributed by atoms with van der Waals surface area (Å²) in [6, 6.07) is 8.13. The molecule has 0 fully saturated rings. The third-order valence-corrected chi connectivity index (χ3v) is 5.34. The number of aromatic nitrogens is 1. The van der Waals surface area contributed by atoms with Gasteiger partial charge < -0.3 is 24.8 Å². The fourth-order valence-corrected chi connectivity index (χ4v) is 4.06. The third-order valence-electron chi connectivity index (χ3n) is 5.34. The summed E-state index contributed by atoms with van der Waals surface area (Å²) in [5.74, 6) is -2.37. The van der Waals surface area contributed by atoms with Gasteiger partial charge in [-0.1, -0.05) is 24.3 Å². The number of aliphatic carboxylic acids is 1. The van der Waals surface area contributed by atoms with Crippen molar-refractivity contribution in [3.05, 3.63) is 62.6 Å². The van der Waals surface area contributed by atoms with E-state index in [1.54, 1.807) is 0 Å². The van der Waals surface area contributed by atoms with Crippen molar-refractivity contribution in [2.45, 2.75) is 32.6 Å². The molecule has 146 valence electrons. The fourth-order valence-electron chi connectivity index (χ4n) is 4.06. The average molecular weight is 384 g/mol. The topological polar surface area (TPSA) is 118 Å². The zero-order valence-electron chi connectivity index (χ0n) is 15.1. The van der Waals surface area contributed by atoms with Crippen LogP contribution in [0.3, 0.4) is 0 Å². The maximum Gasteiger partial charge on any atom is 0.322 e. The van der Waals surface area contributed by atoms with Gasteiger partial charge in [0.2, 0.25) is 0 Å². The van der Waals surface area contributed by atoms with Crippen LogP contribution in [0.15, 0.2) is 29.1 Å². The molecule has 3 N–H and O–H groups in total. The molecular formula is C20H20N2O6. The van der Waals surface area contributed by atoms with Crippen molar-refractivity contribution in [3.8, 4) is 5.75 Å². The van der Waals surface area contributed by atoms with Gasteiger partial charge in [-0.05, 0) is 29.9 Å². The van der Waals surface area contributed by atoms with Gasteiger partial charge >= 0.3 is 5.97 Å². The number of rotatable bonds is 5. The Hall–Kier alpha value is -3.13. The van der Waals surface area contributed by atoms with Crippen LogP contribution in [0.2, 0.25) is 0 Å². The highest BCUT2D eigenvalue weighted by Crippen LogP contribution is 2.32. The van der Waals surface area contributed by atoms with E-state index in [9.17, 15) is 19.5 Å². The Morgan fingerprint density at radius 3 is 2.50 bits per heavy atom. The monoisotopic (exact) mass is 384 g/mol. The highest BCUT2D eigenvalue weighted by Gasteiger charge is 2.31. The zero-order chi connectivity index (χ0) is 19.8. The fraction of sp³-hybridized carbons (Fsp3) is 0.350. The Balaban J connectivity index is 1.69. The van der Waals surface area contributed by atoms with Gasteiger partial charge in [-0.25, -0.2) is 0 Å². The first-order valence-corrected chi connectivity index (χ1v) is 9.07. The number of carboxylic acids is 1. The number of benzene rings is 1. The number of pyridine rings is 1. The summed E-state index contributed by atoms with van der Waals surface area (Å²) in [6.45, 7) is 0.0578. The van der Waals surface area contributed by atoms with Crippen LogP contribution in [0.5, 0.6) is 5.75 Å². The largest absolute Gasteiger partial charge is 0.506 e. The second kappa shape index (κ2) is 7.12. The molecule has 0 atom stereocenters. The molecule has 28 heavy (non-hydrogen) atoms. The van der Waals surface area contributed by atoms with Gasteiger partial charge in [0, 0.05) is 12.1 Å². The number of ether oxygens (including phenoxy) is 1. The molecule has 1 aromatic carbocycles. The van der Waals surface area contributed by atoms with Crippen molar-refractivity contribution in [2.24, 2.45) is 5.92 Å². The number of nitrogens with one attached hydrogen (secondary N) is 1. The highest BCUT2D eigenvalue weighted by molar-refractivity contribution is 5.98. The standard InChI is InChI=1S/C20H20N2O6/c23-16(24)7-21-19(26)17-18(25)14-9-28-10-15(14)22(20(17)27)8-11-5-12-3-1-2-4-13(12)6-11/h1-4,11,25H,5-10H2,(H,21,26)(H,23,24). The van der Waals surface area contributed by atoms with Gasteiger partial charge in [0.1, 0.15) is 17.9 Å². The van der Waals surface area contributed by atoms with Crippen LogP contribution >= 0.6 is 0 Å². The molecule has 0 saturated heterocycles. The molecule has 2 aromatic rings. The molecule has 4 rings (SSSR count). The summed E-state index contributed by atoms with van der Waals surface area (Å²) < 4.78 is 6.91. The van der Waals surface area contributed by atoms with E-state index in [4.69, 9.17) is 9.84 Å². The Morgan fingerprint density at radius 2 is 1.86 bits per heavy atom. The molecule has 1 amide bonds. The molecule has 8 nitrogen and oxygen atoms in total. The zero-order valence-corrected chi connectivity index (χ0v) is 15.1. The molecule has 8 heteroatoms. The predicted molar refractivity (Wildman–Crippen MR) is 98.2 cm³/mol. The van der Waals surface area contributed by atoms with Crippen molar-refractivity contribution in [2.75, 3.05) is 6.54 Å². The van der Waals surface area contributed by atoms with Crippen LogP contribution in [0, 0.1) is 5.92 Å². The van der Waals surface area contributed by atoms with E-state index in [1.165, 1.54) is 15.7 Å². The van der Waals surface area contributed by atoms with Gasteiger partial charge in [0.15, 0.2) is 0 Å². The Labute approximate surface area is 160 Å². The van der Waals surface area contributed by atoms with E-state index in [0.717, 1.165) is 12.8 Å². The number of carbonyl (C=O) groups is 2. The van der Waals surface area contributed by atoms with E-state index in [0.29, 0.717) is 17.8 Å². The summed E-state index contributed by atoms with van der Waals surface area (Å²) in [7, 11) is 0. The Bertz CT molecular complexity index is 1000. The minimum absolute atomic E-state index is 0.103. The van der Waals surface area contributed by atoms with Gasteiger partial charge in [-0.15, -0.1) is 0 Å². The van der Waals surface area contributed by atoms with E-state index >= 15 is 0 Å². The van der Waals surface area contributed by atoms with E-state index in [-0.39, 0.29) is 19.1 Å². The van der Waals surface area contributed by atoms with Crippen LogP contribution in [-0.4, -0.2) is 33.2 Å². The van der Waals surface area contributed by atoms with Crippen LogP contribution in [-0.2, 0) is 42.1 Å². The smallest absolute Gasteiger partial charge is 0.322 e. The van der Waals surface area contributed by atoms with Crippen LogP contribution < -0.4 is 10.9 Å². The molecule has 0 saturated carbocycles. The summed E-state index contributed by atoms with van der Waals surface area (Å²) in [4.78, 5) is 36.1. The number of hydrogen-bond acceptors (Lipinski definition) is 5. The average Bonchev–Trinajstić information content (AvgIpc) is 3.30. The van der Waals surface area contributed by atoms with Crippen LogP contribution in [0.4, 0.5) is 0 Å². The van der Waals surface area contributed by atoms with E-state index in [2.05, 4.69) is 17.4 Å². The number of amides is 1. The summed E-state index contributed by atoms with van der Waals surface area (Å²) in [5.41, 5.74) is 2.45. The lowest BCUT2D eigenvalue weighted by atomic mass is 10.0. The van der Waals surface area contributed by atoms with Gasteiger partial charge in [-0.3, -0.25) is 14.4 Å². The number of carboxylic acid groups (broad SMARTS) is 1. The number of aromatic hydroxyl groups is 1. The lowest BCUT2D eigenvalue weighted by Gasteiger charge is -2.18. The first-order valence-electron chi connectivity index (χ1n) is 9.07. The molecule has 0 bridgehead atoms. The minimum atomic E-state index is -1.23. The Kier molecular flexibility index (Phi) is 4.64. The maximum absolute atomic E-state index is 13.0. The number of carbonyl (C=O) groups excluding carboxylic acids is 1. The van der Waals surface area contributed by atoms with Gasteiger partial charge in [0.05, 0.1) is 18.9 Å². The first kappa shape index (κ1) is 18.2. The summed E-state index contributed by atoms with van der Waals surface area (Å²) in [5, 5.41) is 21.4. The minimum Gasteiger partial charge on any atom is -0.506 e. The van der Waals surface area contributed by atoms with E-state index in [1.807, 2.05) is 12.1 Å². The number of nitrogens with zero attached hydrogens (tertiary/aromatic N) is 1. The second-order valence-electron chi connectivity index (χ2n) is 7.18. The third kappa shape index (κ3) is 3.16. The van der Waals surface area contributed by atoms with E-state index < -0.39 is 35.3 Å². The molecule has 1 aliphatic heterocycles. The molecule has 0 unspecified atom stereocenters. The van der Waals surface area contributed by atoms with Crippen molar-refractivity contribution < 1.29 is 24.5 Å². The molecule has 1 aliphatic carbocycles. The maximum atomic E-state index is 13.0. The van der Waals surface area contributed by atoms with Crippen molar-refractivity contribution >= 4 is 11.9 Å². The lowest BCUT2D eigenvalue weighted by Crippen LogP contribution is -2.37. The predicted octanol–water partition coefficient (Wildman–Crippen LogP) is 0.813. The molecule has 2 aliphatic rings. The van der Waals surface area contributed by atoms with Gasteiger partial charge in [-0.2, -0.15) is 0 Å². The highest BCUT2D eigenvalue weighted by atomic mass is 16.5. The normalized spacial score (nSPS) is 15.3. The molecule has 1 aromatic heterocycles. The number of fused-ring (bicyclic) bond motifs is 2. The van der Waals surface area contributed by atoms with Crippen LogP contribution in [0.25, 0.3) is 0 Å². The first-order chi connectivity index (χ1) is 13.5. The summed E-state index contributed by atoms with van der Waals surface area (Å²) in [6.07, 6.45) is 1.67. The molecular weight excluding hydrogens is 364 g/mol. The SMILES string of the molecule is O=C(O)CNC(=O)c1c(O)c2c(n(CC3Cc4ccccc4C3)c1=O)COC2. The van der Waals surface area contributed by atoms with Crippen molar-refractivity contribution in [3.63, 3.8) is 0 Å². The van der Waals surface area contributed by atoms with Crippen molar-refractivity contribution in [1.29, 1.82) is 0 Å². The Morgan fingerprint density at radius 1 is 1.18 bits per heavy atom. The van der Waals surface area contributed by atoms with Crippen molar-refractivity contribution in [1.82, 2.24) is 9.88 Å². The lowest BCUT2D eigenvalue weighted by molar-refractivity contribution is -0.135. The van der Waals surface area contributed by atoms with Gasteiger partial charge in [0.25, 0.3) is 11.5 Å². The second-order valence-corrected chi connectivity index (χ2v) is 7.18. The van der Waals surface area contributed by atoms with Crippen LogP contribution in [0.1, 0.15) is 32.7 Å².